The van der Waals surface area contributed by atoms with Crippen molar-refractivity contribution in [2.75, 3.05) is 5.73 Å². The molecule has 3 heterocycles. The average molecular weight is 264 g/mol. The molecule has 3 N–H and O–H groups in total. The lowest BCUT2D eigenvalue weighted by molar-refractivity contribution is 0.580. The summed E-state index contributed by atoms with van der Waals surface area (Å²) in [4.78, 5) is 10.2. The van der Waals surface area contributed by atoms with Crippen LogP contribution in [0.25, 0.3) is 22.3 Å². The summed E-state index contributed by atoms with van der Waals surface area (Å²) in [5.41, 5.74) is 5.81. The smallest absolute Gasteiger partial charge is 0.168 e. The molecule has 0 amide bonds. The zero-order valence-corrected chi connectivity index (χ0v) is 9.42. The van der Waals surface area contributed by atoms with E-state index in [2.05, 4.69) is 15.0 Å². The van der Waals surface area contributed by atoms with Gasteiger partial charge in [0.2, 0.25) is 0 Å². The van der Waals surface area contributed by atoms with Gasteiger partial charge in [0.25, 0.3) is 0 Å². The number of aromatic nitrogens is 3. The second-order valence-corrected chi connectivity index (χ2v) is 3.94. The van der Waals surface area contributed by atoms with Gasteiger partial charge in [0.05, 0.1) is 6.20 Å². The zero-order valence-electron chi connectivity index (χ0n) is 9.42. The van der Waals surface area contributed by atoms with Crippen LogP contribution in [-0.2, 0) is 0 Å². The number of rotatable bonds is 1. The highest BCUT2D eigenvalue weighted by molar-refractivity contribution is 5.92. The first kappa shape index (κ1) is 11.5. The third kappa shape index (κ3) is 1.79. The Morgan fingerprint density at radius 1 is 1.11 bits per heavy atom. The SMILES string of the molecule is Nc1nc(-c2c[nH]c3ncc(F)cc23)c(F)cc1F. The van der Waals surface area contributed by atoms with E-state index in [0.29, 0.717) is 17.1 Å². The number of fused-ring (bicyclic) bond motifs is 1. The quantitative estimate of drug-likeness (QED) is 0.710. The monoisotopic (exact) mass is 264 g/mol. The van der Waals surface area contributed by atoms with Crippen LogP contribution in [-0.4, -0.2) is 15.0 Å². The molecule has 3 rings (SSSR count). The number of nitrogens with one attached hydrogen (secondary N) is 1. The largest absolute Gasteiger partial charge is 0.381 e. The Bertz CT molecular complexity index is 782. The third-order valence-electron chi connectivity index (χ3n) is 2.71. The van der Waals surface area contributed by atoms with Gasteiger partial charge in [0.15, 0.2) is 17.5 Å². The first-order valence-electron chi connectivity index (χ1n) is 5.31. The molecule has 0 aliphatic rings. The number of hydrogen-bond donors (Lipinski definition) is 2. The minimum absolute atomic E-state index is 0.155. The Kier molecular flexibility index (Phi) is 2.41. The molecule has 0 saturated heterocycles. The summed E-state index contributed by atoms with van der Waals surface area (Å²) in [6.07, 6.45) is 2.45. The summed E-state index contributed by atoms with van der Waals surface area (Å²) in [5, 5.41) is 0.345. The first-order valence-corrected chi connectivity index (χ1v) is 5.31. The van der Waals surface area contributed by atoms with Crippen LogP contribution < -0.4 is 5.73 Å². The molecule has 0 spiro atoms. The van der Waals surface area contributed by atoms with E-state index in [1.54, 1.807) is 0 Å². The summed E-state index contributed by atoms with van der Waals surface area (Å²) in [6, 6.07) is 1.83. The molecule has 0 unspecified atom stereocenters. The number of halogens is 3. The van der Waals surface area contributed by atoms with Crippen LogP contribution in [0.5, 0.6) is 0 Å². The summed E-state index contributed by atoms with van der Waals surface area (Å²) in [7, 11) is 0. The fourth-order valence-electron chi connectivity index (χ4n) is 1.84. The number of pyridine rings is 2. The van der Waals surface area contributed by atoms with Crippen LogP contribution >= 0.6 is 0 Å². The van der Waals surface area contributed by atoms with Gasteiger partial charge >= 0.3 is 0 Å². The molecular weight excluding hydrogens is 257 g/mol. The van der Waals surface area contributed by atoms with Crippen molar-refractivity contribution in [1.82, 2.24) is 15.0 Å². The topological polar surface area (TPSA) is 67.6 Å². The lowest BCUT2D eigenvalue weighted by atomic mass is 10.1. The fraction of sp³-hybridized carbons (Fsp3) is 0. The number of anilines is 1. The molecule has 7 heteroatoms. The highest BCUT2D eigenvalue weighted by Gasteiger charge is 2.16. The van der Waals surface area contributed by atoms with E-state index < -0.39 is 23.3 Å². The van der Waals surface area contributed by atoms with E-state index in [-0.39, 0.29) is 11.3 Å². The second kappa shape index (κ2) is 3.98. The molecule has 0 aliphatic heterocycles. The molecule has 0 aromatic carbocycles. The fourth-order valence-corrected chi connectivity index (χ4v) is 1.84. The van der Waals surface area contributed by atoms with Crippen LogP contribution in [0.4, 0.5) is 19.0 Å². The lowest BCUT2D eigenvalue weighted by Gasteiger charge is -2.03. The Morgan fingerprint density at radius 2 is 1.89 bits per heavy atom. The number of H-pyrrole nitrogens is 1. The maximum atomic E-state index is 13.7. The molecule has 3 aromatic rings. The summed E-state index contributed by atoms with van der Waals surface area (Å²) >= 11 is 0. The van der Waals surface area contributed by atoms with Crippen molar-refractivity contribution in [3.8, 4) is 11.3 Å². The molecule has 4 nitrogen and oxygen atoms in total. The maximum Gasteiger partial charge on any atom is 0.168 e. The number of nitrogens with two attached hydrogens (primary N) is 1. The van der Waals surface area contributed by atoms with Gasteiger partial charge in [-0.2, -0.15) is 0 Å². The van der Waals surface area contributed by atoms with Gasteiger partial charge in [-0.25, -0.2) is 23.1 Å². The van der Waals surface area contributed by atoms with Gasteiger partial charge < -0.3 is 10.7 Å². The van der Waals surface area contributed by atoms with E-state index in [4.69, 9.17) is 5.73 Å². The van der Waals surface area contributed by atoms with Crippen molar-refractivity contribution >= 4 is 16.9 Å². The predicted molar refractivity (Wildman–Crippen MR) is 63.6 cm³/mol. The summed E-state index contributed by atoms with van der Waals surface area (Å²) in [6.45, 7) is 0. The molecule has 0 aliphatic carbocycles. The van der Waals surface area contributed by atoms with Gasteiger partial charge in [-0.05, 0) is 6.07 Å². The van der Waals surface area contributed by atoms with Crippen molar-refractivity contribution < 1.29 is 13.2 Å². The van der Waals surface area contributed by atoms with Crippen molar-refractivity contribution in [3.63, 3.8) is 0 Å². The van der Waals surface area contributed by atoms with E-state index >= 15 is 0 Å². The number of aromatic amines is 1. The van der Waals surface area contributed by atoms with Gasteiger partial charge in [0.1, 0.15) is 17.2 Å². The lowest BCUT2D eigenvalue weighted by Crippen LogP contribution is -1.99. The molecule has 0 saturated carbocycles. The molecule has 0 bridgehead atoms. The molecule has 0 atom stereocenters. The molecular formula is C12H7F3N4. The van der Waals surface area contributed by atoms with Gasteiger partial charge in [-0.1, -0.05) is 0 Å². The minimum atomic E-state index is -0.939. The predicted octanol–water partition coefficient (Wildman–Crippen LogP) is 2.62. The zero-order chi connectivity index (χ0) is 13.6. The highest BCUT2D eigenvalue weighted by Crippen LogP contribution is 2.29. The summed E-state index contributed by atoms with van der Waals surface area (Å²) in [5.74, 6) is -2.80. The van der Waals surface area contributed by atoms with Gasteiger partial charge in [0, 0.05) is 23.2 Å². The van der Waals surface area contributed by atoms with Crippen LogP contribution in [0.15, 0.2) is 24.5 Å². The molecule has 3 aromatic heterocycles. The Labute approximate surface area is 105 Å². The van der Waals surface area contributed by atoms with Crippen LogP contribution in [0, 0.1) is 17.5 Å². The third-order valence-corrected chi connectivity index (χ3v) is 2.71. The number of nitrogens with zero attached hydrogens (tertiary/aromatic N) is 2. The van der Waals surface area contributed by atoms with Crippen LogP contribution in [0.3, 0.4) is 0 Å². The summed E-state index contributed by atoms with van der Waals surface area (Å²) < 4.78 is 40.0. The van der Waals surface area contributed by atoms with Crippen molar-refractivity contribution in [3.05, 3.63) is 42.0 Å². The molecule has 19 heavy (non-hydrogen) atoms. The Hall–Kier alpha value is -2.57. The number of hydrogen-bond acceptors (Lipinski definition) is 3. The Balaban J connectivity index is 2.30. The van der Waals surface area contributed by atoms with E-state index in [9.17, 15) is 13.2 Å². The van der Waals surface area contributed by atoms with E-state index in [1.165, 1.54) is 12.3 Å². The normalized spacial score (nSPS) is 11.1. The van der Waals surface area contributed by atoms with E-state index in [1.807, 2.05) is 0 Å². The van der Waals surface area contributed by atoms with E-state index in [0.717, 1.165) is 6.20 Å². The molecule has 0 fully saturated rings. The molecule has 0 radical (unpaired) electrons. The van der Waals surface area contributed by atoms with Crippen molar-refractivity contribution in [1.29, 1.82) is 0 Å². The van der Waals surface area contributed by atoms with Crippen molar-refractivity contribution in [2.45, 2.75) is 0 Å². The van der Waals surface area contributed by atoms with Crippen molar-refractivity contribution in [2.24, 2.45) is 0 Å². The first-order chi connectivity index (χ1) is 9.06. The minimum Gasteiger partial charge on any atom is -0.381 e. The number of nitrogen functional groups attached to an aromatic ring is 1. The second-order valence-electron chi connectivity index (χ2n) is 3.94. The highest BCUT2D eigenvalue weighted by atomic mass is 19.1. The maximum absolute atomic E-state index is 13.7. The average Bonchev–Trinajstić information content (AvgIpc) is 2.76. The molecule has 96 valence electrons. The Morgan fingerprint density at radius 3 is 2.68 bits per heavy atom. The van der Waals surface area contributed by atoms with Gasteiger partial charge in [-0.3, -0.25) is 0 Å². The standard InChI is InChI=1S/C12H7F3N4/c13-5-1-6-7(4-18-12(6)17-3-5)10-8(14)2-9(15)11(16)19-10/h1-4H,(H2,16,19)(H,17,18). The van der Waals surface area contributed by atoms with Crippen LogP contribution in [0.1, 0.15) is 0 Å². The van der Waals surface area contributed by atoms with Crippen LogP contribution in [0.2, 0.25) is 0 Å². The van der Waals surface area contributed by atoms with Gasteiger partial charge in [-0.15, -0.1) is 0 Å².